The van der Waals surface area contributed by atoms with Crippen LogP contribution < -0.4 is 10.1 Å². The van der Waals surface area contributed by atoms with Crippen molar-refractivity contribution in [3.05, 3.63) is 28.8 Å². The monoisotopic (exact) mass is 283 g/mol. The highest BCUT2D eigenvalue weighted by Crippen LogP contribution is 2.37. The van der Waals surface area contributed by atoms with Crippen molar-refractivity contribution in [3.63, 3.8) is 0 Å². The predicted octanol–water partition coefficient (Wildman–Crippen LogP) is 3.30. The van der Waals surface area contributed by atoms with Gasteiger partial charge in [0.25, 0.3) is 0 Å². The zero-order valence-electron chi connectivity index (χ0n) is 11.4. The molecule has 0 aliphatic carbocycles. The summed E-state index contributed by atoms with van der Waals surface area (Å²) in [6.07, 6.45) is 3.84. The van der Waals surface area contributed by atoms with Crippen molar-refractivity contribution in [2.45, 2.75) is 44.7 Å². The minimum absolute atomic E-state index is 0.219. The number of fused-ring (bicyclic) bond motifs is 1. The van der Waals surface area contributed by atoms with E-state index in [4.69, 9.17) is 21.4 Å². The van der Waals surface area contributed by atoms with Gasteiger partial charge in [0.05, 0.1) is 11.6 Å². The number of rotatable bonds is 5. The van der Waals surface area contributed by atoms with E-state index >= 15 is 0 Å². The minimum atomic E-state index is 0.219. The lowest BCUT2D eigenvalue weighted by atomic mass is 9.99. The summed E-state index contributed by atoms with van der Waals surface area (Å²) >= 11 is 6.22. The number of aliphatic hydroxyl groups excluding tert-OH is 1. The van der Waals surface area contributed by atoms with E-state index in [1.54, 1.807) is 0 Å². The maximum absolute atomic E-state index is 9.11. The molecular formula is C15H22ClNO2. The molecule has 19 heavy (non-hydrogen) atoms. The molecule has 1 aromatic rings. The summed E-state index contributed by atoms with van der Waals surface area (Å²) in [6.45, 7) is 3.07. The van der Waals surface area contributed by atoms with Crippen LogP contribution in [0.2, 0.25) is 5.02 Å². The number of benzene rings is 1. The van der Waals surface area contributed by atoms with Crippen LogP contribution >= 0.6 is 11.6 Å². The van der Waals surface area contributed by atoms with Gasteiger partial charge in [-0.25, -0.2) is 0 Å². The van der Waals surface area contributed by atoms with Crippen LogP contribution in [0.25, 0.3) is 0 Å². The highest BCUT2D eigenvalue weighted by atomic mass is 35.5. The molecule has 0 radical (unpaired) electrons. The largest absolute Gasteiger partial charge is 0.492 e. The van der Waals surface area contributed by atoms with E-state index in [9.17, 15) is 0 Å². The normalized spacial score (nSPS) is 20.3. The molecule has 0 saturated carbocycles. The molecule has 1 aliphatic heterocycles. The molecule has 0 saturated heterocycles. The Hall–Kier alpha value is -0.770. The zero-order chi connectivity index (χ0) is 13.7. The van der Waals surface area contributed by atoms with E-state index in [1.807, 2.05) is 12.1 Å². The summed E-state index contributed by atoms with van der Waals surface area (Å²) in [7, 11) is 0. The Morgan fingerprint density at radius 3 is 3.11 bits per heavy atom. The third-order valence-electron chi connectivity index (χ3n) is 3.66. The highest BCUT2D eigenvalue weighted by molar-refractivity contribution is 6.32. The average molecular weight is 284 g/mol. The van der Waals surface area contributed by atoms with Crippen LogP contribution in [0.15, 0.2) is 18.2 Å². The Balaban J connectivity index is 2.19. The maximum atomic E-state index is 9.11. The third kappa shape index (κ3) is 3.62. The van der Waals surface area contributed by atoms with Gasteiger partial charge >= 0.3 is 0 Å². The molecular weight excluding hydrogens is 262 g/mol. The van der Waals surface area contributed by atoms with Crippen LogP contribution in [0.4, 0.5) is 0 Å². The third-order valence-corrected chi connectivity index (χ3v) is 3.96. The van der Waals surface area contributed by atoms with Crippen molar-refractivity contribution in [1.82, 2.24) is 5.32 Å². The van der Waals surface area contributed by atoms with Crippen molar-refractivity contribution in [1.29, 1.82) is 0 Å². The second kappa shape index (κ2) is 7.13. The Labute approximate surface area is 119 Å². The Kier molecular flexibility index (Phi) is 5.49. The Morgan fingerprint density at radius 1 is 1.53 bits per heavy atom. The molecule has 3 nitrogen and oxygen atoms in total. The number of ether oxygens (including phenoxy) is 1. The van der Waals surface area contributed by atoms with E-state index in [-0.39, 0.29) is 12.6 Å². The standard InChI is InChI=1S/C15H22ClNO2/c1-2-11(8-9-18)17-14-7-4-10-19-15-12(14)5-3-6-13(15)16/h3,5-6,11,14,17-18H,2,4,7-10H2,1H3. The molecule has 1 heterocycles. The fraction of sp³-hybridized carbons (Fsp3) is 0.600. The van der Waals surface area contributed by atoms with Crippen molar-refractivity contribution in [2.24, 2.45) is 0 Å². The predicted molar refractivity (Wildman–Crippen MR) is 77.8 cm³/mol. The van der Waals surface area contributed by atoms with Crippen molar-refractivity contribution >= 4 is 11.6 Å². The van der Waals surface area contributed by atoms with Crippen LogP contribution in [0, 0.1) is 0 Å². The summed E-state index contributed by atoms with van der Waals surface area (Å²) in [5.41, 5.74) is 1.14. The molecule has 1 aliphatic rings. The van der Waals surface area contributed by atoms with Gasteiger partial charge in [0, 0.05) is 24.3 Å². The van der Waals surface area contributed by atoms with Crippen molar-refractivity contribution in [3.8, 4) is 5.75 Å². The van der Waals surface area contributed by atoms with Gasteiger partial charge in [0.15, 0.2) is 0 Å². The first-order valence-corrected chi connectivity index (χ1v) is 7.42. The van der Waals surface area contributed by atoms with Gasteiger partial charge in [0.1, 0.15) is 5.75 Å². The number of hydrogen-bond donors (Lipinski definition) is 2. The summed E-state index contributed by atoms with van der Waals surface area (Å²) in [5, 5.41) is 13.4. The average Bonchev–Trinajstić information content (AvgIpc) is 2.62. The molecule has 106 valence electrons. The first-order valence-electron chi connectivity index (χ1n) is 7.04. The van der Waals surface area contributed by atoms with Crippen molar-refractivity contribution in [2.75, 3.05) is 13.2 Å². The van der Waals surface area contributed by atoms with Gasteiger partial charge in [-0.1, -0.05) is 30.7 Å². The lowest BCUT2D eigenvalue weighted by molar-refractivity contribution is 0.253. The summed E-state index contributed by atoms with van der Waals surface area (Å²) < 4.78 is 5.76. The quantitative estimate of drug-likeness (QED) is 0.871. The van der Waals surface area contributed by atoms with Gasteiger partial charge in [-0.2, -0.15) is 0 Å². The van der Waals surface area contributed by atoms with Gasteiger partial charge < -0.3 is 15.2 Å². The fourth-order valence-electron chi connectivity index (χ4n) is 2.59. The van der Waals surface area contributed by atoms with Crippen molar-refractivity contribution < 1.29 is 9.84 Å². The molecule has 2 rings (SSSR count). The minimum Gasteiger partial charge on any atom is -0.492 e. The van der Waals surface area contributed by atoms with E-state index in [2.05, 4.69) is 18.3 Å². The number of aliphatic hydroxyl groups is 1. The van der Waals surface area contributed by atoms with Crippen LogP contribution in [0.3, 0.4) is 0 Å². The Morgan fingerprint density at radius 2 is 2.37 bits per heavy atom. The topological polar surface area (TPSA) is 41.5 Å². The first-order chi connectivity index (χ1) is 9.26. The van der Waals surface area contributed by atoms with E-state index in [1.165, 1.54) is 0 Å². The van der Waals surface area contributed by atoms with Gasteiger partial charge in [-0.05, 0) is 31.7 Å². The number of halogens is 1. The molecule has 0 amide bonds. The first kappa shape index (κ1) is 14.6. The second-order valence-electron chi connectivity index (χ2n) is 4.99. The molecule has 4 heteroatoms. The molecule has 0 bridgehead atoms. The molecule has 2 N–H and O–H groups in total. The van der Waals surface area contributed by atoms with E-state index in [0.29, 0.717) is 17.7 Å². The van der Waals surface area contributed by atoms with Crippen LogP contribution in [0.1, 0.15) is 44.2 Å². The highest BCUT2D eigenvalue weighted by Gasteiger charge is 2.23. The summed E-state index contributed by atoms with van der Waals surface area (Å²) in [6, 6.07) is 6.51. The number of para-hydroxylation sites is 1. The molecule has 0 fully saturated rings. The van der Waals surface area contributed by atoms with Crippen LogP contribution in [0.5, 0.6) is 5.75 Å². The van der Waals surface area contributed by atoms with Gasteiger partial charge in [-0.3, -0.25) is 0 Å². The van der Waals surface area contributed by atoms with E-state index in [0.717, 1.165) is 37.0 Å². The molecule has 2 unspecified atom stereocenters. The SMILES string of the molecule is CCC(CCO)NC1CCCOc2c(Cl)cccc21. The van der Waals surface area contributed by atoms with Gasteiger partial charge in [0.2, 0.25) is 0 Å². The van der Waals surface area contributed by atoms with Gasteiger partial charge in [-0.15, -0.1) is 0 Å². The summed E-state index contributed by atoms with van der Waals surface area (Å²) in [4.78, 5) is 0. The smallest absolute Gasteiger partial charge is 0.142 e. The zero-order valence-corrected chi connectivity index (χ0v) is 12.1. The molecule has 0 spiro atoms. The van der Waals surface area contributed by atoms with E-state index < -0.39 is 0 Å². The lowest BCUT2D eigenvalue weighted by Gasteiger charge is -2.24. The number of nitrogens with one attached hydrogen (secondary N) is 1. The molecule has 1 aromatic carbocycles. The molecule has 2 atom stereocenters. The fourth-order valence-corrected chi connectivity index (χ4v) is 2.82. The maximum Gasteiger partial charge on any atom is 0.142 e. The van der Waals surface area contributed by atoms with Crippen LogP contribution in [-0.4, -0.2) is 24.4 Å². The van der Waals surface area contributed by atoms with Crippen LogP contribution in [-0.2, 0) is 0 Å². The Bertz CT molecular complexity index is 411. The number of hydrogen-bond acceptors (Lipinski definition) is 3. The summed E-state index contributed by atoms with van der Waals surface area (Å²) in [5.74, 6) is 0.818. The molecule has 0 aromatic heterocycles. The lowest BCUT2D eigenvalue weighted by Crippen LogP contribution is -2.33. The second-order valence-corrected chi connectivity index (χ2v) is 5.39.